The topological polar surface area (TPSA) is 71.5 Å². The number of hydrogen-bond acceptors (Lipinski definition) is 5. The Morgan fingerprint density at radius 2 is 1.91 bits per heavy atom. The first kappa shape index (κ1) is 14.2. The smallest absolute Gasteiger partial charge is 0.151 e. The molecule has 1 aliphatic rings. The summed E-state index contributed by atoms with van der Waals surface area (Å²) in [5.74, 6) is 0.519. The van der Waals surface area contributed by atoms with E-state index in [0.29, 0.717) is 5.82 Å². The summed E-state index contributed by atoms with van der Waals surface area (Å²) in [7, 11) is 0. The summed E-state index contributed by atoms with van der Waals surface area (Å²) in [6.07, 6.45) is 1.53. The Bertz CT molecular complexity index is 805. The van der Waals surface area contributed by atoms with Gasteiger partial charge in [0, 0.05) is 38.3 Å². The first-order chi connectivity index (χ1) is 11.3. The van der Waals surface area contributed by atoms with Crippen LogP contribution in [0.2, 0.25) is 0 Å². The average Bonchev–Trinajstić information content (AvgIpc) is 2.97. The molecule has 118 valence electrons. The van der Waals surface area contributed by atoms with Crippen LogP contribution >= 0.6 is 0 Å². The van der Waals surface area contributed by atoms with Crippen LogP contribution in [0.1, 0.15) is 5.69 Å². The number of nitrogens with one attached hydrogen (secondary N) is 1. The third kappa shape index (κ3) is 2.67. The van der Waals surface area contributed by atoms with Crippen molar-refractivity contribution in [3.8, 4) is 11.1 Å². The molecule has 6 nitrogen and oxygen atoms in total. The number of fused-ring (bicyclic) bond motifs is 1. The molecule has 0 unspecified atom stereocenters. The van der Waals surface area contributed by atoms with Gasteiger partial charge in [-0.2, -0.15) is 5.10 Å². The molecule has 0 bridgehead atoms. The summed E-state index contributed by atoms with van der Waals surface area (Å²) in [4.78, 5) is 6.61. The fraction of sp³-hybridized carbons (Fsp3) is 0.294. The van der Waals surface area contributed by atoms with E-state index in [-0.39, 0.29) is 0 Å². The number of aromatic nitrogens is 3. The van der Waals surface area contributed by atoms with Crippen LogP contribution in [-0.2, 0) is 6.54 Å². The van der Waals surface area contributed by atoms with Crippen molar-refractivity contribution >= 4 is 11.3 Å². The van der Waals surface area contributed by atoms with Gasteiger partial charge in [0.1, 0.15) is 11.8 Å². The van der Waals surface area contributed by atoms with E-state index >= 15 is 0 Å². The van der Waals surface area contributed by atoms with Crippen molar-refractivity contribution in [3.05, 3.63) is 48.4 Å². The molecular formula is C17H20N6. The molecule has 2 aromatic heterocycles. The highest BCUT2D eigenvalue weighted by molar-refractivity contribution is 5.88. The lowest BCUT2D eigenvalue weighted by atomic mass is 10.1. The van der Waals surface area contributed by atoms with E-state index in [1.165, 1.54) is 6.33 Å². The zero-order valence-corrected chi connectivity index (χ0v) is 12.9. The predicted molar refractivity (Wildman–Crippen MR) is 91.0 cm³/mol. The van der Waals surface area contributed by atoms with Crippen molar-refractivity contribution in [1.82, 2.24) is 24.8 Å². The van der Waals surface area contributed by atoms with E-state index in [4.69, 9.17) is 5.73 Å². The lowest BCUT2D eigenvalue weighted by Gasteiger charge is -2.26. The first-order valence-corrected chi connectivity index (χ1v) is 7.92. The maximum Gasteiger partial charge on any atom is 0.151 e. The highest BCUT2D eigenvalue weighted by Gasteiger charge is 2.18. The van der Waals surface area contributed by atoms with Crippen LogP contribution in [0.25, 0.3) is 16.6 Å². The Labute approximate surface area is 134 Å². The molecule has 3 N–H and O–H groups in total. The van der Waals surface area contributed by atoms with Crippen LogP contribution in [0.15, 0.2) is 42.7 Å². The third-order valence-electron chi connectivity index (χ3n) is 4.34. The Hall–Kier alpha value is -2.44. The predicted octanol–water partition coefficient (Wildman–Crippen LogP) is 1.38. The molecule has 1 saturated heterocycles. The van der Waals surface area contributed by atoms with E-state index in [1.54, 1.807) is 0 Å². The molecule has 1 fully saturated rings. The van der Waals surface area contributed by atoms with Crippen LogP contribution in [0.3, 0.4) is 0 Å². The molecule has 6 heteroatoms. The fourth-order valence-electron chi connectivity index (χ4n) is 3.18. The van der Waals surface area contributed by atoms with Gasteiger partial charge in [-0.15, -0.1) is 0 Å². The highest BCUT2D eigenvalue weighted by Crippen LogP contribution is 2.30. The quantitative estimate of drug-likeness (QED) is 0.765. The maximum atomic E-state index is 6.15. The van der Waals surface area contributed by atoms with Gasteiger partial charge in [0.25, 0.3) is 0 Å². The normalized spacial score (nSPS) is 16.0. The fourth-order valence-corrected chi connectivity index (χ4v) is 3.18. The van der Waals surface area contributed by atoms with Gasteiger partial charge in [-0.25, -0.2) is 9.50 Å². The van der Waals surface area contributed by atoms with Crippen molar-refractivity contribution in [2.24, 2.45) is 0 Å². The zero-order chi connectivity index (χ0) is 15.6. The lowest BCUT2D eigenvalue weighted by Crippen LogP contribution is -2.43. The molecule has 1 aromatic carbocycles. The summed E-state index contributed by atoms with van der Waals surface area (Å²) < 4.78 is 1.94. The van der Waals surface area contributed by atoms with Crippen molar-refractivity contribution in [1.29, 1.82) is 0 Å². The molecule has 0 spiro atoms. The van der Waals surface area contributed by atoms with Crippen LogP contribution < -0.4 is 11.1 Å². The standard InChI is InChI=1S/C17H20N6/c18-17-16-15(13-4-2-1-3-5-13)10-14(23(16)21-12-20-17)11-22-8-6-19-7-9-22/h1-5,10,12,19H,6-9,11H2,(H2,18,20,21). The average molecular weight is 308 g/mol. The van der Waals surface area contributed by atoms with E-state index in [1.807, 2.05) is 22.7 Å². The second kappa shape index (κ2) is 5.98. The molecule has 0 amide bonds. The Morgan fingerprint density at radius 3 is 2.70 bits per heavy atom. The number of nitrogens with two attached hydrogens (primary N) is 1. The van der Waals surface area contributed by atoms with Gasteiger partial charge in [-0.3, -0.25) is 4.90 Å². The van der Waals surface area contributed by atoms with Crippen LogP contribution in [-0.4, -0.2) is 45.7 Å². The van der Waals surface area contributed by atoms with Gasteiger partial charge in [0.2, 0.25) is 0 Å². The number of anilines is 1. The second-order valence-electron chi connectivity index (χ2n) is 5.85. The van der Waals surface area contributed by atoms with Crippen molar-refractivity contribution in [3.63, 3.8) is 0 Å². The summed E-state index contributed by atoms with van der Waals surface area (Å²) in [5.41, 5.74) is 10.4. The highest BCUT2D eigenvalue weighted by atomic mass is 15.3. The zero-order valence-electron chi connectivity index (χ0n) is 12.9. The van der Waals surface area contributed by atoms with Crippen LogP contribution in [0.5, 0.6) is 0 Å². The minimum Gasteiger partial charge on any atom is -0.382 e. The van der Waals surface area contributed by atoms with Gasteiger partial charge in [0.05, 0.1) is 5.69 Å². The Kier molecular flexibility index (Phi) is 3.69. The van der Waals surface area contributed by atoms with Crippen LogP contribution in [0, 0.1) is 0 Å². The molecule has 3 heterocycles. The van der Waals surface area contributed by atoms with Crippen molar-refractivity contribution in [2.45, 2.75) is 6.54 Å². The lowest BCUT2D eigenvalue weighted by molar-refractivity contribution is 0.229. The molecule has 4 rings (SSSR count). The number of benzene rings is 1. The monoisotopic (exact) mass is 308 g/mol. The summed E-state index contributed by atoms with van der Waals surface area (Å²) >= 11 is 0. The van der Waals surface area contributed by atoms with E-state index in [0.717, 1.165) is 55.1 Å². The molecule has 0 aliphatic carbocycles. The number of hydrogen-bond donors (Lipinski definition) is 2. The molecule has 0 atom stereocenters. The number of nitrogen functional groups attached to an aromatic ring is 1. The summed E-state index contributed by atoms with van der Waals surface area (Å²) in [6, 6.07) is 12.5. The molecule has 1 aliphatic heterocycles. The summed E-state index contributed by atoms with van der Waals surface area (Å²) in [6.45, 7) is 5.03. The number of rotatable bonds is 3. The molecule has 0 saturated carbocycles. The van der Waals surface area contributed by atoms with Crippen molar-refractivity contribution < 1.29 is 0 Å². The molecule has 3 aromatic rings. The molecule has 23 heavy (non-hydrogen) atoms. The Morgan fingerprint density at radius 1 is 1.13 bits per heavy atom. The minimum atomic E-state index is 0.519. The maximum absolute atomic E-state index is 6.15. The SMILES string of the molecule is Nc1ncnn2c(CN3CCNCC3)cc(-c3ccccc3)c12. The van der Waals surface area contributed by atoms with Crippen molar-refractivity contribution in [2.75, 3.05) is 31.9 Å². The molecular weight excluding hydrogens is 288 g/mol. The van der Waals surface area contributed by atoms with E-state index in [2.05, 4.69) is 38.5 Å². The van der Waals surface area contributed by atoms with Gasteiger partial charge in [-0.1, -0.05) is 30.3 Å². The number of piperazine rings is 1. The third-order valence-corrected chi connectivity index (χ3v) is 4.34. The largest absolute Gasteiger partial charge is 0.382 e. The van der Waals surface area contributed by atoms with Gasteiger partial charge < -0.3 is 11.1 Å². The van der Waals surface area contributed by atoms with Gasteiger partial charge in [0.15, 0.2) is 5.82 Å². The second-order valence-corrected chi connectivity index (χ2v) is 5.85. The Balaban J connectivity index is 1.80. The summed E-state index contributed by atoms with van der Waals surface area (Å²) in [5, 5.41) is 7.82. The van der Waals surface area contributed by atoms with Gasteiger partial charge in [-0.05, 0) is 11.6 Å². The van der Waals surface area contributed by atoms with Crippen LogP contribution in [0.4, 0.5) is 5.82 Å². The van der Waals surface area contributed by atoms with E-state index in [9.17, 15) is 0 Å². The van der Waals surface area contributed by atoms with E-state index < -0.39 is 0 Å². The minimum absolute atomic E-state index is 0.519. The first-order valence-electron chi connectivity index (χ1n) is 7.92. The molecule has 0 radical (unpaired) electrons. The van der Waals surface area contributed by atoms with Gasteiger partial charge >= 0.3 is 0 Å². The number of nitrogens with zero attached hydrogens (tertiary/aromatic N) is 4.